The van der Waals surface area contributed by atoms with E-state index in [0.717, 1.165) is 25.0 Å². The lowest BCUT2D eigenvalue weighted by atomic mass is 10.3. The van der Waals surface area contributed by atoms with Gasteiger partial charge < -0.3 is 9.67 Å². The highest BCUT2D eigenvalue weighted by atomic mass is 19.2. The Hall–Kier alpha value is -1.98. The third-order valence-electron chi connectivity index (χ3n) is 3.33. The van der Waals surface area contributed by atoms with Crippen molar-refractivity contribution in [3.8, 4) is 0 Å². The SMILES string of the molecule is O=C(O)Cn1c(CC2CC2)nc2cc(F)c(F)cc21. The minimum Gasteiger partial charge on any atom is -0.480 e. The van der Waals surface area contributed by atoms with Crippen molar-refractivity contribution in [3.63, 3.8) is 0 Å². The van der Waals surface area contributed by atoms with Gasteiger partial charge in [-0.3, -0.25) is 4.79 Å². The molecule has 6 heteroatoms. The van der Waals surface area contributed by atoms with Crippen LogP contribution in [-0.2, 0) is 17.8 Å². The first kappa shape index (κ1) is 12.1. The van der Waals surface area contributed by atoms with E-state index in [1.807, 2.05) is 0 Å². The zero-order valence-electron chi connectivity index (χ0n) is 10.1. The molecule has 0 unspecified atom stereocenters. The fourth-order valence-electron chi connectivity index (χ4n) is 2.22. The summed E-state index contributed by atoms with van der Waals surface area (Å²) >= 11 is 0. The van der Waals surface area contributed by atoms with E-state index in [-0.39, 0.29) is 6.54 Å². The van der Waals surface area contributed by atoms with Crippen LogP contribution in [-0.4, -0.2) is 20.6 Å². The lowest BCUT2D eigenvalue weighted by Crippen LogP contribution is -2.12. The molecule has 1 aromatic heterocycles. The normalized spacial score (nSPS) is 15.1. The van der Waals surface area contributed by atoms with E-state index in [0.29, 0.717) is 29.2 Å². The van der Waals surface area contributed by atoms with E-state index in [2.05, 4.69) is 4.98 Å². The summed E-state index contributed by atoms with van der Waals surface area (Å²) in [7, 11) is 0. The van der Waals surface area contributed by atoms with Crippen LogP contribution < -0.4 is 0 Å². The van der Waals surface area contributed by atoms with Gasteiger partial charge in [-0.05, 0) is 18.8 Å². The molecule has 1 aliphatic rings. The molecule has 1 fully saturated rings. The molecule has 1 aromatic carbocycles. The highest BCUT2D eigenvalue weighted by Crippen LogP contribution is 2.33. The lowest BCUT2D eigenvalue weighted by molar-refractivity contribution is -0.137. The van der Waals surface area contributed by atoms with Crippen LogP contribution in [0.2, 0.25) is 0 Å². The average molecular weight is 266 g/mol. The second kappa shape index (κ2) is 4.29. The Morgan fingerprint density at radius 1 is 1.37 bits per heavy atom. The smallest absolute Gasteiger partial charge is 0.323 e. The Kier molecular flexibility index (Phi) is 2.73. The maximum absolute atomic E-state index is 13.3. The molecule has 100 valence electrons. The fourth-order valence-corrected chi connectivity index (χ4v) is 2.22. The van der Waals surface area contributed by atoms with Gasteiger partial charge in [-0.25, -0.2) is 13.8 Å². The minimum atomic E-state index is -1.03. The van der Waals surface area contributed by atoms with Crippen LogP contribution in [0.1, 0.15) is 18.7 Å². The van der Waals surface area contributed by atoms with E-state index in [1.165, 1.54) is 4.57 Å². The molecule has 0 atom stereocenters. The van der Waals surface area contributed by atoms with Gasteiger partial charge in [0.1, 0.15) is 12.4 Å². The Balaban J connectivity index is 2.13. The van der Waals surface area contributed by atoms with Crippen molar-refractivity contribution in [1.82, 2.24) is 9.55 Å². The molecule has 0 saturated heterocycles. The predicted octanol–water partition coefficient (Wildman–Crippen LogP) is 2.35. The summed E-state index contributed by atoms with van der Waals surface area (Å²) in [5.74, 6) is -1.88. The van der Waals surface area contributed by atoms with Gasteiger partial charge in [-0.15, -0.1) is 0 Å². The summed E-state index contributed by atoms with van der Waals surface area (Å²) in [5.41, 5.74) is 0.632. The maximum Gasteiger partial charge on any atom is 0.323 e. The molecule has 1 saturated carbocycles. The third kappa shape index (κ3) is 2.30. The highest BCUT2D eigenvalue weighted by molar-refractivity contribution is 5.78. The van der Waals surface area contributed by atoms with Gasteiger partial charge in [0.2, 0.25) is 0 Å². The predicted molar refractivity (Wildman–Crippen MR) is 63.7 cm³/mol. The van der Waals surface area contributed by atoms with Gasteiger partial charge in [0.15, 0.2) is 11.6 Å². The van der Waals surface area contributed by atoms with Crippen molar-refractivity contribution in [3.05, 3.63) is 29.6 Å². The van der Waals surface area contributed by atoms with E-state index in [1.54, 1.807) is 0 Å². The van der Waals surface area contributed by atoms with Crippen molar-refractivity contribution < 1.29 is 18.7 Å². The summed E-state index contributed by atoms with van der Waals surface area (Å²) in [5, 5.41) is 8.93. The number of halogens is 2. The van der Waals surface area contributed by atoms with Crippen LogP contribution in [0.15, 0.2) is 12.1 Å². The van der Waals surface area contributed by atoms with Crippen LogP contribution in [0.3, 0.4) is 0 Å². The van der Waals surface area contributed by atoms with Crippen LogP contribution in [0.4, 0.5) is 8.78 Å². The topological polar surface area (TPSA) is 55.1 Å². The molecule has 0 spiro atoms. The number of benzene rings is 1. The number of carboxylic acids is 1. The number of fused-ring (bicyclic) bond motifs is 1. The first-order chi connectivity index (χ1) is 9.04. The second-order valence-corrected chi connectivity index (χ2v) is 4.91. The second-order valence-electron chi connectivity index (χ2n) is 4.91. The number of imidazole rings is 1. The quantitative estimate of drug-likeness (QED) is 0.924. The number of nitrogens with zero attached hydrogens (tertiary/aromatic N) is 2. The average Bonchev–Trinajstić information content (AvgIpc) is 3.08. The van der Waals surface area contributed by atoms with E-state index < -0.39 is 17.6 Å². The molecule has 1 N–H and O–H groups in total. The Labute approximate surface area is 107 Å². The van der Waals surface area contributed by atoms with Crippen LogP contribution in [0.5, 0.6) is 0 Å². The van der Waals surface area contributed by atoms with E-state index in [4.69, 9.17) is 5.11 Å². The maximum atomic E-state index is 13.3. The van der Waals surface area contributed by atoms with Crippen molar-refractivity contribution in [2.24, 2.45) is 5.92 Å². The van der Waals surface area contributed by atoms with Gasteiger partial charge in [-0.2, -0.15) is 0 Å². The molecule has 0 radical (unpaired) electrons. The largest absolute Gasteiger partial charge is 0.480 e. The molecular formula is C13H12F2N2O2. The van der Waals surface area contributed by atoms with Gasteiger partial charge in [-0.1, -0.05) is 0 Å². The first-order valence-electron chi connectivity index (χ1n) is 6.10. The van der Waals surface area contributed by atoms with Crippen LogP contribution in [0.25, 0.3) is 11.0 Å². The molecule has 19 heavy (non-hydrogen) atoms. The Morgan fingerprint density at radius 3 is 2.68 bits per heavy atom. The summed E-state index contributed by atoms with van der Waals surface area (Å²) in [6.07, 6.45) is 2.85. The van der Waals surface area contributed by atoms with E-state index in [9.17, 15) is 13.6 Å². The van der Waals surface area contributed by atoms with Crippen LogP contribution in [0, 0.1) is 17.6 Å². The number of carbonyl (C=O) groups is 1. The van der Waals surface area contributed by atoms with Gasteiger partial charge in [0.25, 0.3) is 0 Å². The van der Waals surface area contributed by atoms with Gasteiger partial charge in [0, 0.05) is 18.6 Å². The zero-order chi connectivity index (χ0) is 13.6. The van der Waals surface area contributed by atoms with E-state index >= 15 is 0 Å². The summed E-state index contributed by atoms with van der Waals surface area (Å²) in [4.78, 5) is 15.1. The molecule has 2 aromatic rings. The molecule has 1 heterocycles. The van der Waals surface area contributed by atoms with Crippen molar-refractivity contribution in [2.45, 2.75) is 25.8 Å². The number of aliphatic carboxylic acids is 1. The molecule has 1 aliphatic carbocycles. The molecule has 0 amide bonds. The Bertz CT molecular complexity index is 662. The molecule has 3 rings (SSSR count). The monoisotopic (exact) mass is 266 g/mol. The number of rotatable bonds is 4. The minimum absolute atomic E-state index is 0.288. The molecule has 4 nitrogen and oxygen atoms in total. The standard InChI is InChI=1S/C13H12F2N2O2/c14-8-4-10-11(5-9(8)15)17(6-13(18)19)12(16-10)3-7-1-2-7/h4-5,7H,1-3,6H2,(H,18,19). The summed E-state index contributed by atoms with van der Waals surface area (Å²) < 4.78 is 27.9. The molecular weight excluding hydrogens is 254 g/mol. The number of hydrogen-bond acceptors (Lipinski definition) is 2. The zero-order valence-corrected chi connectivity index (χ0v) is 10.1. The first-order valence-corrected chi connectivity index (χ1v) is 6.10. The molecule has 0 bridgehead atoms. The van der Waals surface area contributed by atoms with Gasteiger partial charge >= 0.3 is 5.97 Å². The third-order valence-corrected chi connectivity index (χ3v) is 3.33. The summed E-state index contributed by atoms with van der Waals surface area (Å²) in [6, 6.07) is 2.02. The lowest BCUT2D eigenvalue weighted by Gasteiger charge is -2.05. The number of hydrogen-bond donors (Lipinski definition) is 1. The fraction of sp³-hybridized carbons (Fsp3) is 0.385. The molecule has 0 aliphatic heterocycles. The number of aromatic nitrogens is 2. The summed E-state index contributed by atoms with van der Waals surface area (Å²) in [6.45, 7) is -0.288. The van der Waals surface area contributed by atoms with Crippen molar-refractivity contribution in [2.75, 3.05) is 0 Å². The van der Waals surface area contributed by atoms with Crippen molar-refractivity contribution in [1.29, 1.82) is 0 Å². The Morgan fingerprint density at radius 2 is 2.05 bits per heavy atom. The van der Waals surface area contributed by atoms with Crippen LogP contribution >= 0.6 is 0 Å². The number of carboxylic acid groups (broad SMARTS) is 1. The highest BCUT2D eigenvalue weighted by Gasteiger charge is 2.25. The van der Waals surface area contributed by atoms with Crippen molar-refractivity contribution >= 4 is 17.0 Å². The van der Waals surface area contributed by atoms with Gasteiger partial charge in [0.05, 0.1) is 11.0 Å².